The zero-order valence-corrected chi connectivity index (χ0v) is 20.4. The first-order valence-corrected chi connectivity index (χ1v) is 12.2. The van der Waals surface area contributed by atoms with Crippen LogP contribution in [0.3, 0.4) is 0 Å². The van der Waals surface area contributed by atoms with Crippen molar-refractivity contribution >= 4 is 51.1 Å². The van der Waals surface area contributed by atoms with Crippen molar-refractivity contribution in [3.63, 3.8) is 0 Å². The number of aliphatic imine (C=N–C) groups is 1. The zero-order valence-electron chi connectivity index (χ0n) is 16.4. The molecule has 0 saturated carbocycles. The van der Waals surface area contributed by atoms with Crippen LogP contribution in [0.2, 0.25) is 0 Å². The number of nitrogens with zero attached hydrogens (tertiary/aromatic N) is 3. The molecule has 1 aromatic rings. The fourth-order valence-corrected chi connectivity index (χ4v) is 6.58. The number of thiazole rings is 1. The predicted octanol–water partition coefficient (Wildman–Crippen LogP) is 2.86. The second-order valence-corrected chi connectivity index (χ2v) is 11.2. The summed E-state index contributed by atoms with van der Waals surface area (Å²) in [6.07, 6.45) is 5.52. The number of aromatic nitrogens is 1. The van der Waals surface area contributed by atoms with Crippen molar-refractivity contribution in [3.05, 3.63) is 15.6 Å². The van der Waals surface area contributed by atoms with Crippen LogP contribution in [0.25, 0.3) is 0 Å². The van der Waals surface area contributed by atoms with E-state index in [1.54, 1.807) is 0 Å². The van der Waals surface area contributed by atoms with E-state index in [0.29, 0.717) is 12.3 Å². The van der Waals surface area contributed by atoms with Crippen molar-refractivity contribution < 1.29 is 8.42 Å². The van der Waals surface area contributed by atoms with Crippen LogP contribution in [0.15, 0.2) is 4.99 Å². The molecule has 1 N–H and O–H groups in total. The van der Waals surface area contributed by atoms with Gasteiger partial charge in [-0.1, -0.05) is 0 Å². The molecule has 0 aromatic carbocycles. The molecule has 0 spiro atoms. The third-order valence-corrected chi connectivity index (χ3v) is 7.85. The zero-order chi connectivity index (χ0) is 18.7. The van der Waals surface area contributed by atoms with Gasteiger partial charge in [0.1, 0.15) is 5.01 Å². The Labute approximate surface area is 184 Å². The highest BCUT2D eigenvalue weighted by Gasteiger charge is 2.27. The minimum atomic E-state index is -2.85. The Morgan fingerprint density at radius 1 is 1.37 bits per heavy atom. The van der Waals surface area contributed by atoms with Gasteiger partial charge in [0.25, 0.3) is 0 Å². The van der Waals surface area contributed by atoms with Gasteiger partial charge in [0.2, 0.25) is 0 Å². The molecule has 0 bridgehead atoms. The molecule has 3 rings (SSSR count). The molecule has 1 atom stereocenters. The highest BCUT2D eigenvalue weighted by Crippen LogP contribution is 2.27. The Balaban J connectivity index is 0.00000261. The van der Waals surface area contributed by atoms with Gasteiger partial charge in [-0.2, -0.15) is 0 Å². The maximum absolute atomic E-state index is 11.7. The molecule has 27 heavy (non-hydrogen) atoms. The molecule has 1 unspecified atom stereocenters. The number of hydrogen-bond donors (Lipinski definition) is 1. The lowest BCUT2D eigenvalue weighted by molar-refractivity contribution is 0.460. The summed E-state index contributed by atoms with van der Waals surface area (Å²) in [5, 5.41) is 4.55. The maximum Gasteiger partial charge on any atom is 0.194 e. The van der Waals surface area contributed by atoms with Gasteiger partial charge in [-0.3, -0.25) is 4.99 Å². The first kappa shape index (κ1) is 22.9. The number of halogens is 1. The Hall–Kier alpha value is -0.420. The van der Waals surface area contributed by atoms with Gasteiger partial charge in [0.15, 0.2) is 15.8 Å². The van der Waals surface area contributed by atoms with Crippen LogP contribution in [0, 0.1) is 5.92 Å². The molecule has 2 heterocycles. The number of nitrogens with one attached hydrogen (secondary N) is 1. The Kier molecular flexibility index (Phi) is 8.35. The van der Waals surface area contributed by atoms with Gasteiger partial charge in [0, 0.05) is 24.5 Å². The third kappa shape index (κ3) is 6.56. The van der Waals surface area contributed by atoms with Crippen molar-refractivity contribution in [2.75, 3.05) is 25.1 Å². The van der Waals surface area contributed by atoms with Crippen LogP contribution >= 0.6 is 35.3 Å². The lowest BCUT2D eigenvalue weighted by Gasteiger charge is -2.24. The average Bonchev–Trinajstić information content (AvgIpc) is 3.12. The second-order valence-electron chi connectivity index (χ2n) is 7.77. The molecule has 9 heteroatoms. The molecule has 1 aromatic heterocycles. The molecule has 1 saturated heterocycles. The van der Waals surface area contributed by atoms with Gasteiger partial charge >= 0.3 is 0 Å². The van der Waals surface area contributed by atoms with Crippen LogP contribution in [0.5, 0.6) is 0 Å². The SMILES string of the molecule is CC(C)NC(=NCC1CCS(=O)(=O)C1)N(C)Cc1nc2c(s1)CCCC2.I. The normalized spacial score (nSPS) is 21.6. The van der Waals surface area contributed by atoms with Crippen molar-refractivity contribution in [1.29, 1.82) is 0 Å². The third-order valence-electron chi connectivity index (χ3n) is 4.87. The standard InChI is InChI=1S/C18H30N4O2S2.HI/c1-13(2)20-18(19-10-14-8-9-26(23,24)12-14)22(3)11-17-21-15-6-4-5-7-16(15)25-17;/h13-14H,4-12H2,1-3H3,(H,19,20);1H. The van der Waals surface area contributed by atoms with Crippen LogP contribution in [0.4, 0.5) is 0 Å². The van der Waals surface area contributed by atoms with E-state index < -0.39 is 9.84 Å². The molecular weight excluding hydrogens is 495 g/mol. The van der Waals surface area contributed by atoms with E-state index in [1.807, 2.05) is 18.4 Å². The van der Waals surface area contributed by atoms with Gasteiger partial charge in [0.05, 0.1) is 23.7 Å². The van der Waals surface area contributed by atoms with Gasteiger partial charge in [-0.05, 0) is 51.9 Å². The smallest absolute Gasteiger partial charge is 0.194 e. The first-order valence-electron chi connectivity index (χ1n) is 9.52. The van der Waals surface area contributed by atoms with E-state index in [4.69, 9.17) is 9.98 Å². The van der Waals surface area contributed by atoms with E-state index in [2.05, 4.69) is 24.1 Å². The van der Waals surface area contributed by atoms with E-state index in [9.17, 15) is 8.42 Å². The number of aryl methyl sites for hydroxylation is 2. The lowest BCUT2D eigenvalue weighted by Crippen LogP contribution is -2.42. The fraction of sp³-hybridized carbons (Fsp3) is 0.778. The molecule has 1 aliphatic heterocycles. The second kappa shape index (κ2) is 9.87. The van der Waals surface area contributed by atoms with Crippen molar-refractivity contribution in [2.45, 2.75) is 58.5 Å². The molecule has 6 nitrogen and oxygen atoms in total. The van der Waals surface area contributed by atoms with Crippen LogP contribution < -0.4 is 5.32 Å². The van der Waals surface area contributed by atoms with Crippen LogP contribution in [-0.4, -0.2) is 55.4 Å². The van der Waals surface area contributed by atoms with E-state index in [-0.39, 0.29) is 41.7 Å². The molecule has 0 amide bonds. The molecule has 154 valence electrons. The molecule has 1 aliphatic carbocycles. The topological polar surface area (TPSA) is 74.7 Å². The van der Waals surface area contributed by atoms with Crippen molar-refractivity contribution in [1.82, 2.24) is 15.2 Å². The minimum Gasteiger partial charge on any atom is -0.354 e. The van der Waals surface area contributed by atoms with Crippen molar-refractivity contribution in [2.24, 2.45) is 10.9 Å². The summed E-state index contributed by atoms with van der Waals surface area (Å²) in [5.74, 6) is 1.55. The van der Waals surface area contributed by atoms with Crippen molar-refractivity contribution in [3.8, 4) is 0 Å². The van der Waals surface area contributed by atoms with E-state index >= 15 is 0 Å². The maximum atomic E-state index is 11.7. The van der Waals surface area contributed by atoms with Crippen LogP contribution in [-0.2, 0) is 29.2 Å². The number of rotatable bonds is 5. The highest BCUT2D eigenvalue weighted by molar-refractivity contribution is 14.0. The Bertz CT molecular complexity index is 738. The number of guanidine groups is 1. The van der Waals surface area contributed by atoms with Gasteiger partial charge in [-0.25, -0.2) is 13.4 Å². The lowest BCUT2D eigenvalue weighted by atomic mass is 10.0. The highest BCUT2D eigenvalue weighted by atomic mass is 127. The quantitative estimate of drug-likeness (QED) is 0.363. The first-order chi connectivity index (χ1) is 12.3. The molecule has 0 radical (unpaired) electrons. The summed E-state index contributed by atoms with van der Waals surface area (Å²) in [6, 6.07) is 0.271. The molecular formula is C18H31IN4O2S2. The number of hydrogen-bond acceptors (Lipinski definition) is 5. The van der Waals surface area contributed by atoms with Gasteiger partial charge < -0.3 is 10.2 Å². The average molecular weight is 527 g/mol. The van der Waals surface area contributed by atoms with E-state index in [1.165, 1.54) is 23.4 Å². The Morgan fingerprint density at radius 2 is 2.11 bits per heavy atom. The summed E-state index contributed by atoms with van der Waals surface area (Å²) in [6.45, 7) is 5.48. The van der Waals surface area contributed by atoms with Crippen LogP contribution in [0.1, 0.15) is 48.7 Å². The minimum absolute atomic E-state index is 0. The summed E-state index contributed by atoms with van der Waals surface area (Å²) < 4.78 is 23.3. The summed E-state index contributed by atoms with van der Waals surface area (Å²) >= 11 is 1.83. The Morgan fingerprint density at radius 3 is 2.74 bits per heavy atom. The van der Waals surface area contributed by atoms with Gasteiger partial charge in [-0.15, -0.1) is 35.3 Å². The van der Waals surface area contributed by atoms with E-state index in [0.717, 1.165) is 36.8 Å². The summed E-state index contributed by atoms with van der Waals surface area (Å²) in [5.41, 5.74) is 1.29. The summed E-state index contributed by atoms with van der Waals surface area (Å²) in [7, 11) is -0.821. The fourth-order valence-electron chi connectivity index (χ4n) is 3.52. The number of sulfone groups is 1. The monoisotopic (exact) mass is 526 g/mol. The molecule has 2 aliphatic rings. The molecule has 1 fully saturated rings. The largest absolute Gasteiger partial charge is 0.354 e. The summed E-state index contributed by atoms with van der Waals surface area (Å²) in [4.78, 5) is 13.1. The predicted molar refractivity (Wildman–Crippen MR) is 123 cm³/mol. The number of fused-ring (bicyclic) bond motifs is 1.